The highest BCUT2D eigenvalue weighted by Crippen LogP contribution is 2.27. The number of hydrogen-bond acceptors (Lipinski definition) is 5. The molecule has 7 heteroatoms. The molecule has 1 aliphatic rings. The van der Waals surface area contributed by atoms with Crippen LogP contribution >= 0.6 is 12.4 Å². The number of carbonyl (C=O) groups excluding carboxylic acids is 1. The number of aryl methyl sites for hydroxylation is 1. The van der Waals surface area contributed by atoms with Crippen LogP contribution in [0.4, 0.5) is 0 Å². The van der Waals surface area contributed by atoms with E-state index in [1.54, 1.807) is 6.92 Å². The first-order valence-corrected chi connectivity index (χ1v) is 7.54. The molecule has 0 spiro atoms. The molecule has 2 aromatic rings. The van der Waals surface area contributed by atoms with E-state index in [1.165, 1.54) is 0 Å². The summed E-state index contributed by atoms with van der Waals surface area (Å²) in [5.74, 6) is 1.29. The zero-order valence-electron chi connectivity index (χ0n) is 13.0. The van der Waals surface area contributed by atoms with E-state index in [-0.39, 0.29) is 24.2 Å². The van der Waals surface area contributed by atoms with E-state index in [0.29, 0.717) is 18.3 Å². The maximum absolute atomic E-state index is 12.6. The highest BCUT2D eigenvalue weighted by Gasteiger charge is 2.30. The molecule has 1 aliphatic heterocycles. The predicted octanol–water partition coefficient (Wildman–Crippen LogP) is 2.21. The third kappa shape index (κ3) is 3.89. The molecule has 1 amide bonds. The molecule has 1 aromatic carbocycles. The number of piperidine rings is 1. The Morgan fingerprint density at radius 3 is 2.78 bits per heavy atom. The second-order valence-corrected chi connectivity index (χ2v) is 5.69. The fraction of sp³-hybridized carbons (Fsp3) is 0.438. The van der Waals surface area contributed by atoms with Gasteiger partial charge in [0.1, 0.15) is 6.04 Å². The average molecular weight is 337 g/mol. The number of aromatic nitrogens is 2. The summed E-state index contributed by atoms with van der Waals surface area (Å²) < 4.78 is 5.25. The molecule has 3 rings (SSSR count). The number of halogens is 1. The summed E-state index contributed by atoms with van der Waals surface area (Å²) in [6.45, 7) is 3.11. The van der Waals surface area contributed by atoms with Gasteiger partial charge in [0.15, 0.2) is 5.82 Å². The number of benzene rings is 1. The number of amides is 1. The van der Waals surface area contributed by atoms with Crippen LogP contribution in [0.3, 0.4) is 0 Å². The molecule has 0 radical (unpaired) electrons. The van der Waals surface area contributed by atoms with Gasteiger partial charge >= 0.3 is 0 Å². The Kier molecular flexibility index (Phi) is 5.74. The molecule has 124 valence electrons. The first kappa shape index (κ1) is 17.4. The van der Waals surface area contributed by atoms with Crippen LogP contribution in [0, 0.1) is 6.92 Å². The minimum absolute atomic E-state index is 0. The van der Waals surface area contributed by atoms with Crippen LogP contribution in [0.25, 0.3) is 0 Å². The lowest BCUT2D eigenvalue weighted by molar-refractivity contribution is -0.134. The van der Waals surface area contributed by atoms with Crippen molar-refractivity contribution in [3.8, 4) is 0 Å². The van der Waals surface area contributed by atoms with Crippen LogP contribution in [-0.2, 0) is 4.79 Å². The molecule has 2 heterocycles. The van der Waals surface area contributed by atoms with Gasteiger partial charge in [-0.1, -0.05) is 35.5 Å². The molecule has 2 atom stereocenters. The zero-order valence-corrected chi connectivity index (χ0v) is 13.8. The predicted molar refractivity (Wildman–Crippen MR) is 88.2 cm³/mol. The van der Waals surface area contributed by atoms with Crippen molar-refractivity contribution in [2.45, 2.75) is 31.7 Å². The van der Waals surface area contributed by atoms with E-state index < -0.39 is 6.04 Å². The Morgan fingerprint density at radius 2 is 2.13 bits per heavy atom. The van der Waals surface area contributed by atoms with Crippen LogP contribution in [0.5, 0.6) is 0 Å². The SMILES string of the molecule is Cc1noc(C2CCCN(C(=O)C(N)c3ccccc3)C2)n1.Cl. The Bertz CT molecular complexity index is 647. The molecular weight excluding hydrogens is 316 g/mol. The van der Waals surface area contributed by atoms with Crippen molar-refractivity contribution < 1.29 is 9.32 Å². The topological polar surface area (TPSA) is 85.2 Å². The van der Waals surface area contributed by atoms with Crippen molar-refractivity contribution in [1.82, 2.24) is 15.0 Å². The third-order valence-electron chi connectivity index (χ3n) is 4.05. The molecule has 2 N–H and O–H groups in total. The Labute approximate surface area is 141 Å². The quantitative estimate of drug-likeness (QED) is 0.928. The second-order valence-electron chi connectivity index (χ2n) is 5.69. The molecule has 2 unspecified atom stereocenters. The van der Waals surface area contributed by atoms with Gasteiger partial charge in [0.05, 0.1) is 5.92 Å². The Morgan fingerprint density at radius 1 is 1.39 bits per heavy atom. The lowest BCUT2D eigenvalue weighted by Crippen LogP contribution is -2.43. The van der Waals surface area contributed by atoms with E-state index in [1.807, 2.05) is 35.2 Å². The number of hydrogen-bond donors (Lipinski definition) is 1. The standard InChI is InChI=1S/C16H20N4O2.ClH/c1-11-18-15(22-19-11)13-8-5-9-20(10-13)16(21)14(17)12-6-3-2-4-7-12;/h2-4,6-7,13-14H,5,8-10,17H2,1H3;1H. The maximum Gasteiger partial charge on any atom is 0.244 e. The largest absolute Gasteiger partial charge is 0.340 e. The van der Waals surface area contributed by atoms with Crippen molar-refractivity contribution in [3.05, 3.63) is 47.6 Å². The van der Waals surface area contributed by atoms with Crippen LogP contribution < -0.4 is 5.73 Å². The van der Waals surface area contributed by atoms with Gasteiger partial charge in [-0.05, 0) is 25.3 Å². The van der Waals surface area contributed by atoms with Crippen LogP contribution in [0.2, 0.25) is 0 Å². The molecule has 1 saturated heterocycles. The number of likely N-dealkylation sites (tertiary alicyclic amines) is 1. The summed E-state index contributed by atoms with van der Waals surface area (Å²) in [4.78, 5) is 18.7. The van der Waals surface area contributed by atoms with Gasteiger partial charge in [0.25, 0.3) is 0 Å². The molecular formula is C16H21ClN4O2. The zero-order chi connectivity index (χ0) is 15.5. The number of rotatable bonds is 3. The summed E-state index contributed by atoms with van der Waals surface area (Å²) in [6.07, 6.45) is 1.87. The van der Waals surface area contributed by atoms with E-state index in [2.05, 4.69) is 10.1 Å². The van der Waals surface area contributed by atoms with E-state index in [4.69, 9.17) is 10.3 Å². The van der Waals surface area contributed by atoms with Crippen molar-refractivity contribution in [1.29, 1.82) is 0 Å². The molecule has 1 aromatic heterocycles. The number of nitrogens with two attached hydrogens (primary N) is 1. The second kappa shape index (κ2) is 7.57. The Balaban J connectivity index is 0.00000192. The van der Waals surface area contributed by atoms with Crippen LogP contribution in [-0.4, -0.2) is 34.0 Å². The third-order valence-corrected chi connectivity index (χ3v) is 4.05. The monoisotopic (exact) mass is 336 g/mol. The fourth-order valence-corrected chi connectivity index (χ4v) is 2.86. The van der Waals surface area contributed by atoms with Gasteiger partial charge < -0.3 is 15.2 Å². The minimum atomic E-state index is -0.621. The lowest BCUT2D eigenvalue weighted by atomic mass is 9.96. The lowest BCUT2D eigenvalue weighted by Gasteiger charge is -2.32. The molecule has 0 bridgehead atoms. The van der Waals surface area contributed by atoms with Crippen molar-refractivity contribution in [2.24, 2.45) is 5.73 Å². The molecule has 6 nitrogen and oxygen atoms in total. The van der Waals surface area contributed by atoms with Gasteiger partial charge in [-0.3, -0.25) is 4.79 Å². The minimum Gasteiger partial charge on any atom is -0.340 e. The smallest absolute Gasteiger partial charge is 0.244 e. The van der Waals surface area contributed by atoms with Crippen molar-refractivity contribution >= 4 is 18.3 Å². The molecule has 0 aliphatic carbocycles. The summed E-state index contributed by atoms with van der Waals surface area (Å²) in [5.41, 5.74) is 6.95. The molecule has 1 fully saturated rings. The van der Waals surface area contributed by atoms with E-state index in [9.17, 15) is 4.79 Å². The highest BCUT2D eigenvalue weighted by atomic mass is 35.5. The Hall–Kier alpha value is -1.92. The van der Waals surface area contributed by atoms with Crippen molar-refractivity contribution in [2.75, 3.05) is 13.1 Å². The highest BCUT2D eigenvalue weighted by molar-refractivity contribution is 5.85. The summed E-state index contributed by atoms with van der Waals surface area (Å²) in [5, 5.41) is 3.83. The first-order valence-electron chi connectivity index (χ1n) is 7.54. The first-order chi connectivity index (χ1) is 10.6. The molecule has 0 saturated carbocycles. The molecule has 23 heavy (non-hydrogen) atoms. The van der Waals surface area contributed by atoms with Gasteiger partial charge in [-0.2, -0.15) is 4.98 Å². The van der Waals surface area contributed by atoms with E-state index >= 15 is 0 Å². The number of carbonyl (C=O) groups is 1. The van der Waals surface area contributed by atoms with Crippen LogP contribution in [0.15, 0.2) is 34.9 Å². The van der Waals surface area contributed by atoms with E-state index in [0.717, 1.165) is 24.9 Å². The fourth-order valence-electron chi connectivity index (χ4n) is 2.86. The number of nitrogens with zero attached hydrogens (tertiary/aromatic N) is 3. The maximum atomic E-state index is 12.6. The summed E-state index contributed by atoms with van der Waals surface area (Å²) in [6, 6.07) is 8.84. The van der Waals surface area contributed by atoms with Crippen LogP contribution in [0.1, 0.15) is 42.1 Å². The van der Waals surface area contributed by atoms with Gasteiger partial charge in [-0.25, -0.2) is 0 Å². The normalized spacial score (nSPS) is 19.0. The van der Waals surface area contributed by atoms with Gasteiger partial charge in [-0.15, -0.1) is 12.4 Å². The van der Waals surface area contributed by atoms with Gasteiger partial charge in [0, 0.05) is 13.1 Å². The summed E-state index contributed by atoms with van der Waals surface area (Å²) >= 11 is 0. The summed E-state index contributed by atoms with van der Waals surface area (Å²) in [7, 11) is 0. The van der Waals surface area contributed by atoms with Gasteiger partial charge in [0.2, 0.25) is 11.8 Å². The van der Waals surface area contributed by atoms with Crippen molar-refractivity contribution in [3.63, 3.8) is 0 Å². The average Bonchev–Trinajstić information content (AvgIpc) is 3.01.